The largest absolute Gasteiger partial charge is 0.501 e. The van der Waals surface area contributed by atoms with Crippen molar-refractivity contribution in [1.29, 1.82) is 0 Å². The summed E-state index contributed by atoms with van der Waals surface area (Å²) >= 11 is 0. The summed E-state index contributed by atoms with van der Waals surface area (Å²) in [6.07, 6.45) is 3.18. The van der Waals surface area contributed by atoms with Gasteiger partial charge in [0, 0.05) is 50.2 Å². The molecule has 0 saturated heterocycles. The van der Waals surface area contributed by atoms with Gasteiger partial charge in [-0.2, -0.15) is 0 Å². The second-order valence-corrected chi connectivity index (χ2v) is 14.0. The number of pyridine rings is 2. The minimum atomic E-state index is -2.50. The van der Waals surface area contributed by atoms with E-state index in [4.69, 9.17) is 16.8 Å². The van der Waals surface area contributed by atoms with Crippen molar-refractivity contribution in [2.75, 3.05) is 0 Å². The molecular formula is C45H44IrN2O-2. The standard InChI is InChI=1S/C29H26NO.C16H18N.Ir/c1-18-15-20(29(3,4)5)13-14-21(18)25-16-26(30-17-19(25)2)24-11-8-10-23-22-9-6-7-12-27(22)31-28(23)24;1-12-5-7-13(8-6-12)15-10-9-14(11-17-15)16(2,3)4;/h6-10,12-17H,1-5H3;5-7,9-11H,1-4H3;/q2*-1;/i1D3,2D3;1D3;. The summed E-state index contributed by atoms with van der Waals surface area (Å²) in [6.45, 7) is 5.41. The molecular weight excluding hydrogens is 777 g/mol. The maximum atomic E-state index is 8.23. The molecule has 251 valence electrons. The van der Waals surface area contributed by atoms with Crippen LogP contribution in [-0.4, -0.2) is 9.97 Å². The van der Waals surface area contributed by atoms with E-state index in [0.717, 1.165) is 33.2 Å². The Morgan fingerprint density at radius 3 is 2.08 bits per heavy atom. The van der Waals surface area contributed by atoms with Gasteiger partial charge in [-0.15, -0.1) is 53.6 Å². The Bertz CT molecular complexity index is 2480. The van der Waals surface area contributed by atoms with Crippen molar-refractivity contribution < 1.29 is 36.9 Å². The first kappa shape index (κ1) is 25.6. The topological polar surface area (TPSA) is 38.9 Å². The smallest absolute Gasteiger partial charge is 0.120 e. The number of rotatable bonds is 3. The zero-order valence-corrected chi connectivity index (χ0v) is 30.8. The Morgan fingerprint density at radius 1 is 0.653 bits per heavy atom. The molecule has 3 aromatic heterocycles. The van der Waals surface area contributed by atoms with Gasteiger partial charge in [0.1, 0.15) is 5.58 Å². The van der Waals surface area contributed by atoms with Gasteiger partial charge in [0.2, 0.25) is 0 Å². The third-order valence-corrected chi connectivity index (χ3v) is 8.39. The molecule has 0 unspecified atom stereocenters. The first-order chi connectivity index (χ1) is 26.4. The molecule has 0 aliphatic rings. The third kappa shape index (κ3) is 7.77. The summed E-state index contributed by atoms with van der Waals surface area (Å²) in [7, 11) is 0. The van der Waals surface area contributed by atoms with Crippen molar-refractivity contribution in [2.45, 2.75) is 72.9 Å². The average Bonchev–Trinajstić information content (AvgIpc) is 3.52. The van der Waals surface area contributed by atoms with Gasteiger partial charge in [0.15, 0.2) is 0 Å². The van der Waals surface area contributed by atoms with E-state index < -0.39 is 20.6 Å². The molecule has 0 spiro atoms. The Labute approximate surface area is 317 Å². The summed E-state index contributed by atoms with van der Waals surface area (Å²) in [5, 5.41) is 1.85. The zero-order valence-electron chi connectivity index (χ0n) is 37.5. The number of para-hydroxylation sites is 1. The molecule has 7 rings (SSSR count). The molecule has 0 saturated carbocycles. The molecule has 7 aromatic rings. The minimum Gasteiger partial charge on any atom is -0.501 e. The van der Waals surface area contributed by atoms with Gasteiger partial charge >= 0.3 is 0 Å². The second-order valence-electron chi connectivity index (χ2n) is 14.0. The molecule has 4 aromatic carbocycles. The number of benzene rings is 4. The fraction of sp³-hybridized carbons (Fsp3) is 0.244. The van der Waals surface area contributed by atoms with Crippen LogP contribution >= 0.6 is 0 Å². The van der Waals surface area contributed by atoms with Crippen LogP contribution in [0.3, 0.4) is 0 Å². The number of aryl methyl sites for hydroxylation is 3. The quantitative estimate of drug-likeness (QED) is 0.167. The van der Waals surface area contributed by atoms with E-state index in [1.54, 1.807) is 36.4 Å². The van der Waals surface area contributed by atoms with E-state index in [-0.39, 0.29) is 42.1 Å². The first-order valence-electron chi connectivity index (χ1n) is 20.4. The number of hydrogen-bond acceptors (Lipinski definition) is 3. The second kappa shape index (κ2) is 14.2. The summed E-state index contributed by atoms with van der Waals surface area (Å²) < 4.78 is 77.3. The van der Waals surface area contributed by atoms with Crippen LogP contribution in [0.4, 0.5) is 0 Å². The molecule has 3 nitrogen and oxygen atoms in total. The molecule has 0 aliphatic heterocycles. The van der Waals surface area contributed by atoms with Crippen LogP contribution in [0.15, 0.2) is 108 Å². The van der Waals surface area contributed by atoms with E-state index in [0.29, 0.717) is 33.5 Å². The number of furan rings is 1. The summed E-state index contributed by atoms with van der Waals surface area (Å²) in [5.41, 5.74) is 6.80. The van der Waals surface area contributed by atoms with Crippen molar-refractivity contribution in [3.8, 4) is 33.6 Å². The van der Waals surface area contributed by atoms with Crippen LogP contribution in [0.1, 0.15) is 81.7 Å². The number of nitrogens with zero attached hydrogens (tertiary/aromatic N) is 2. The van der Waals surface area contributed by atoms with Crippen molar-refractivity contribution in [1.82, 2.24) is 9.97 Å². The third-order valence-electron chi connectivity index (χ3n) is 8.39. The van der Waals surface area contributed by atoms with Crippen LogP contribution in [0.5, 0.6) is 0 Å². The predicted octanol–water partition coefficient (Wildman–Crippen LogP) is 12.2. The van der Waals surface area contributed by atoms with Gasteiger partial charge in [-0.3, -0.25) is 0 Å². The van der Waals surface area contributed by atoms with E-state index in [2.05, 4.69) is 42.9 Å². The average molecular weight is 830 g/mol. The van der Waals surface area contributed by atoms with Crippen LogP contribution in [0.2, 0.25) is 0 Å². The summed E-state index contributed by atoms with van der Waals surface area (Å²) in [4.78, 5) is 8.91. The first-order valence-corrected chi connectivity index (χ1v) is 15.9. The van der Waals surface area contributed by atoms with Gasteiger partial charge in [-0.1, -0.05) is 114 Å². The number of aromatic nitrogens is 2. The molecule has 0 atom stereocenters. The van der Waals surface area contributed by atoms with Crippen LogP contribution in [0, 0.1) is 32.7 Å². The van der Waals surface area contributed by atoms with Crippen LogP contribution < -0.4 is 0 Å². The Morgan fingerprint density at radius 2 is 1.41 bits per heavy atom. The summed E-state index contributed by atoms with van der Waals surface area (Å²) in [6, 6.07) is 33.3. The molecule has 1 radical (unpaired) electrons. The molecule has 0 N–H and O–H groups in total. The molecule has 0 aliphatic carbocycles. The van der Waals surface area contributed by atoms with Crippen molar-refractivity contribution in [2.24, 2.45) is 0 Å². The maximum Gasteiger partial charge on any atom is 0.120 e. The van der Waals surface area contributed by atoms with E-state index in [1.807, 2.05) is 75.5 Å². The van der Waals surface area contributed by atoms with Crippen molar-refractivity contribution >= 4 is 21.9 Å². The van der Waals surface area contributed by atoms with Gasteiger partial charge in [0.05, 0.1) is 5.58 Å². The maximum absolute atomic E-state index is 8.23. The Hall–Kier alpha value is -4.37. The fourth-order valence-electron chi connectivity index (χ4n) is 5.52. The van der Waals surface area contributed by atoms with E-state index in [9.17, 15) is 0 Å². The van der Waals surface area contributed by atoms with Crippen LogP contribution in [-0.2, 0) is 30.9 Å². The molecule has 0 amide bonds. The van der Waals surface area contributed by atoms with E-state index >= 15 is 0 Å². The predicted molar refractivity (Wildman–Crippen MR) is 201 cm³/mol. The molecule has 49 heavy (non-hydrogen) atoms. The fourth-order valence-corrected chi connectivity index (χ4v) is 5.52. The summed E-state index contributed by atoms with van der Waals surface area (Å²) in [5.74, 6) is 0. The minimum absolute atomic E-state index is 0. The van der Waals surface area contributed by atoms with Gasteiger partial charge in [-0.25, -0.2) is 0 Å². The molecule has 0 bridgehead atoms. The normalized spacial score (nSPS) is 15.1. The molecule has 3 heterocycles. The molecule has 0 fully saturated rings. The Balaban J connectivity index is 0.000000259. The van der Waals surface area contributed by atoms with Gasteiger partial charge in [0.25, 0.3) is 0 Å². The van der Waals surface area contributed by atoms with Gasteiger partial charge < -0.3 is 14.4 Å². The molecule has 4 heteroatoms. The van der Waals surface area contributed by atoms with Crippen molar-refractivity contribution in [3.63, 3.8) is 0 Å². The monoisotopic (exact) mass is 830 g/mol. The van der Waals surface area contributed by atoms with Gasteiger partial charge in [-0.05, 0) is 75.4 Å². The number of hydrogen-bond donors (Lipinski definition) is 0. The van der Waals surface area contributed by atoms with Crippen molar-refractivity contribution in [3.05, 3.63) is 143 Å². The number of fused-ring (bicyclic) bond motifs is 3. The SMILES string of the molecule is [2H]C([2H])([2H])c1c[c-]c(-c2ccc(C(C)(C)C)cn2)cc1.[2H]C([2H])([2H])c1cnc(-c2[c-]ccc3c2oc2ccccc23)cc1-c1ccc(C(C)(C)C)cc1C([2H])([2H])[2H].[Ir]. The Kier molecular flexibility index (Phi) is 7.43. The van der Waals surface area contributed by atoms with Crippen LogP contribution in [0.25, 0.3) is 55.6 Å². The van der Waals surface area contributed by atoms with E-state index in [1.165, 1.54) is 17.8 Å². The zero-order chi connectivity index (χ0) is 41.7.